The minimum Gasteiger partial charge on any atom is -0.378 e. The summed E-state index contributed by atoms with van der Waals surface area (Å²) in [6, 6.07) is 0. The number of likely N-dealkylation sites (N-methyl/N-ethyl adjacent to an activating group) is 2. The highest BCUT2D eigenvalue weighted by Gasteiger charge is 2.29. The van der Waals surface area contributed by atoms with Crippen LogP contribution in [0.25, 0.3) is 0 Å². The average Bonchev–Trinajstić information content (AvgIpc) is 2.48. The second-order valence-corrected chi connectivity index (χ2v) is 7.51. The van der Waals surface area contributed by atoms with E-state index < -0.39 is 0 Å². The molecule has 0 amide bonds. The third kappa shape index (κ3) is 5.37. The zero-order valence-corrected chi connectivity index (χ0v) is 16.4. The third-order valence-corrected chi connectivity index (χ3v) is 4.52. The molecule has 0 radical (unpaired) electrons. The molecular weight excluding hydrogens is 308 g/mol. The molecule has 0 spiro atoms. The van der Waals surface area contributed by atoms with E-state index in [1.54, 1.807) is 0 Å². The second-order valence-electron chi connectivity index (χ2n) is 7.10. The van der Waals surface area contributed by atoms with Crippen molar-refractivity contribution in [1.29, 1.82) is 0 Å². The van der Waals surface area contributed by atoms with Gasteiger partial charge in [0, 0.05) is 25.7 Å². The quantitative estimate of drug-likeness (QED) is 0.483. The van der Waals surface area contributed by atoms with E-state index in [-0.39, 0.29) is 10.8 Å². The lowest BCUT2D eigenvalue weighted by atomic mass is 9.82. The Kier molecular flexibility index (Phi) is 7.84. The first-order valence-corrected chi connectivity index (χ1v) is 8.99. The van der Waals surface area contributed by atoms with Crippen LogP contribution in [0.2, 0.25) is 0 Å². The minimum absolute atomic E-state index is 0.00697. The highest BCUT2D eigenvalue weighted by molar-refractivity contribution is 7.71. The van der Waals surface area contributed by atoms with Crippen LogP contribution in [0.3, 0.4) is 0 Å². The van der Waals surface area contributed by atoms with Crippen molar-refractivity contribution < 1.29 is 4.74 Å². The molecule has 0 bridgehead atoms. The molecule has 0 aromatic heterocycles. The van der Waals surface area contributed by atoms with Crippen LogP contribution in [0.4, 0.5) is 5.69 Å². The van der Waals surface area contributed by atoms with E-state index in [4.69, 9.17) is 17.0 Å². The first kappa shape index (κ1) is 20.3. The summed E-state index contributed by atoms with van der Waals surface area (Å²) in [5.74, 6) is 0. The van der Waals surface area contributed by atoms with Crippen molar-refractivity contribution in [3.63, 3.8) is 0 Å². The maximum atomic E-state index is 12.1. The van der Waals surface area contributed by atoms with Gasteiger partial charge in [-0.3, -0.25) is 4.79 Å². The van der Waals surface area contributed by atoms with Crippen molar-refractivity contribution in [1.82, 2.24) is 4.90 Å². The molecule has 132 valence electrons. The van der Waals surface area contributed by atoms with Gasteiger partial charge in [-0.1, -0.05) is 46.8 Å². The van der Waals surface area contributed by atoms with E-state index in [0.717, 1.165) is 37.5 Å². The lowest BCUT2D eigenvalue weighted by molar-refractivity contribution is 0.110. The summed E-state index contributed by atoms with van der Waals surface area (Å²) in [6.45, 7) is 15.9. The molecule has 23 heavy (non-hydrogen) atoms. The van der Waals surface area contributed by atoms with Gasteiger partial charge in [0.05, 0.1) is 23.4 Å². The second kappa shape index (κ2) is 8.90. The number of nitrogens with zero attached hydrogens (tertiary/aromatic N) is 2. The Hall–Kier alpha value is -0.780. The summed E-state index contributed by atoms with van der Waals surface area (Å²) >= 11 is 5.22. The zero-order chi connectivity index (χ0) is 17.6. The van der Waals surface area contributed by atoms with Gasteiger partial charge in [-0.25, -0.2) is 0 Å². The largest absolute Gasteiger partial charge is 0.378 e. The van der Waals surface area contributed by atoms with E-state index >= 15 is 0 Å². The van der Waals surface area contributed by atoms with E-state index in [0.29, 0.717) is 17.7 Å². The van der Waals surface area contributed by atoms with Gasteiger partial charge in [0.25, 0.3) is 0 Å². The van der Waals surface area contributed by atoms with Crippen molar-refractivity contribution in [3.05, 3.63) is 20.3 Å². The van der Waals surface area contributed by atoms with Crippen LogP contribution >= 0.6 is 12.2 Å². The van der Waals surface area contributed by atoms with Gasteiger partial charge >= 0.3 is 0 Å². The predicted octanol–water partition coefficient (Wildman–Crippen LogP) is 3.13. The molecule has 0 saturated carbocycles. The fourth-order valence-corrected chi connectivity index (χ4v) is 3.29. The van der Waals surface area contributed by atoms with E-state index in [1.807, 2.05) is 11.9 Å². The summed E-state index contributed by atoms with van der Waals surface area (Å²) in [5.41, 5.74) is 1.71. The van der Waals surface area contributed by atoms with Crippen LogP contribution in [0.15, 0.2) is 4.79 Å². The Bertz CT molecular complexity index is 556. The molecule has 0 aliphatic rings. The van der Waals surface area contributed by atoms with Crippen molar-refractivity contribution in [2.24, 2.45) is 0 Å². The molecule has 1 rings (SSSR count). The van der Waals surface area contributed by atoms with Crippen LogP contribution in [0.5, 0.6) is 0 Å². The SMILES string of the molecule is CCCN(CC)CCOCCN(C)c1c(C(C)(C)C)c(=S)c1=O. The summed E-state index contributed by atoms with van der Waals surface area (Å²) in [4.78, 5) is 16.4. The van der Waals surface area contributed by atoms with Crippen molar-refractivity contribution in [3.8, 4) is 0 Å². The first-order valence-electron chi connectivity index (χ1n) is 8.59. The molecule has 1 aromatic rings. The van der Waals surface area contributed by atoms with Crippen LogP contribution in [0.1, 0.15) is 46.6 Å². The van der Waals surface area contributed by atoms with E-state index in [2.05, 4.69) is 39.5 Å². The summed E-state index contributed by atoms with van der Waals surface area (Å²) < 4.78 is 6.23. The molecule has 0 heterocycles. The van der Waals surface area contributed by atoms with Gasteiger partial charge in [0.2, 0.25) is 5.43 Å². The van der Waals surface area contributed by atoms with Crippen LogP contribution in [-0.2, 0) is 10.2 Å². The number of hydrogen-bond donors (Lipinski definition) is 0. The molecule has 0 N–H and O–H groups in total. The molecule has 0 atom stereocenters. The Morgan fingerprint density at radius 2 is 1.70 bits per heavy atom. The smallest absolute Gasteiger partial charge is 0.220 e. The third-order valence-electron chi connectivity index (χ3n) is 4.13. The van der Waals surface area contributed by atoms with Crippen LogP contribution < -0.4 is 10.3 Å². The van der Waals surface area contributed by atoms with Gasteiger partial charge in [-0.15, -0.1) is 0 Å². The van der Waals surface area contributed by atoms with Gasteiger partial charge < -0.3 is 14.5 Å². The zero-order valence-electron chi connectivity index (χ0n) is 15.6. The molecule has 5 heteroatoms. The Morgan fingerprint density at radius 3 is 2.22 bits per heavy atom. The highest BCUT2D eigenvalue weighted by Crippen LogP contribution is 2.32. The fourth-order valence-electron chi connectivity index (χ4n) is 2.79. The molecule has 0 unspecified atom stereocenters. The molecule has 0 saturated heterocycles. The lowest BCUT2D eigenvalue weighted by Crippen LogP contribution is -2.36. The maximum absolute atomic E-state index is 12.1. The topological polar surface area (TPSA) is 32.8 Å². The molecule has 1 aromatic carbocycles. The number of anilines is 1. The number of hydrogen-bond acceptors (Lipinski definition) is 5. The maximum Gasteiger partial charge on any atom is 0.220 e. The van der Waals surface area contributed by atoms with Crippen molar-refractivity contribution >= 4 is 17.9 Å². The Balaban J connectivity index is 2.44. The van der Waals surface area contributed by atoms with Gasteiger partial charge in [-0.05, 0) is 24.9 Å². The van der Waals surface area contributed by atoms with Crippen molar-refractivity contribution in [2.75, 3.05) is 51.3 Å². The molecule has 0 aliphatic heterocycles. The highest BCUT2D eigenvalue weighted by atomic mass is 32.1. The molecule has 4 nitrogen and oxygen atoms in total. The Morgan fingerprint density at radius 1 is 1.09 bits per heavy atom. The number of rotatable bonds is 10. The van der Waals surface area contributed by atoms with E-state index in [9.17, 15) is 4.79 Å². The van der Waals surface area contributed by atoms with Gasteiger partial charge in [0.1, 0.15) is 0 Å². The first-order chi connectivity index (χ1) is 10.7. The Labute approximate surface area is 146 Å². The number of ether oxygens (including phenoxy) is 1. The monoisotopic (exact) mass is 340 g/mol. The van der Waals surface area contributed by atoms with Crippen LogP contribution in [0, 0.1) is 4.51 Å². The van der Waals surface area contributed by atoms with E-state index in [1.165, 1.54) is 6.42 Å². The van der Waals surface area contributed by atoms with Crippen LogP contribution in [-0.4, -0.2) is 51.3 Å². The normalized spacial score (nSPS) is 12.3. The molecule has 0 aliphatic carbocycles. The van der Waals surface area contributed by atoms with Gasteiger partial charge in [-0.2, -0.15) is 0 Å². The lowest BCUT2D eigenvalue weighted by Gasteiger charge is -2.30. The molecule has 0 fully saturated rings. The summed E-state index contributed by atoms with van der Waals surface area (Å²) in [5, 5.41) is 0. The van der Waals surface area contributed by atoms with Gasteiger partial charge in [0.15, 0.2) is 0 Å². The standard InChI is InChI=1S/C18H32N2O2S/c1-7-9-20(8-2)11-13-22-12-10-19(6)15-14(18(3,4)5)17(23)16(15)21/h7-13H2,1-6H3. The van der Waals surface area contributed by atoms with Crippen molar-refractivity contribution in [2.45, 2.75) is 46.5 Å². The summed E-state index contributed by atoms with van der Waals surface area (Å²) in [7, 11) is 1.94. The minimum atomic E-state index is -0.0861. The fraction of sp³-hybridized carbons (Fsp3) is 0.778. The summed E-state index contributed by atoms with van der Waals surface area (Å²) in [6.07, 6.45) is 1.17. The predicted molar refractivity (Wildman–Crippen MR) is 101 cm³/mol. The molecular formula is C18H32N2O2S. The average molecular weight is 341 g/mol.